The van der Waals surface area contributed by atoms with Crippen molar-refractivity contribution in [3.8, 4) is 0 Å². The number of halogens is 3. The van der Waals surface area contributed by atoms with E-state index in [1.54, 1.807) is 13.0 Å². The minimum Gasteiger partial charge on any atom is -0.369 e. The summed E-state index contributed by atoms with van der Waals surface area (Å²) < 4.78 is 60.6. The molecule has 152 valence electrons. The van der Waals surface area contributed by atoms with Gasteiger partial charge in [-0.1, -0.05) is 11.3 Å². The Balaban J connectivity index is 2.07. The van der Waals surface area contributed by atoms with Crippen molar-refractivity contribution in [2.75, 3.05) is 15.7 Å². The summed E-state index contributed by atoms with van der Waals surface area (Å²) in [4.78, 5) is 1.95. The molecule has 2 atom stereocenters. The molecule has 2 unspecified atom stereocenters. The van der Waals surface area contributed by atoms with Crippen molar-refractivity contribution in [2.24, 2.45) is 10.2 Å². The summed E-state index contributed by atoms with van der Waals surface area (Å²) in [5.41, 5.74) is -0.247. The van der Waals surface area contributed by atoms with Gasteiger partial charge in [0.1, 0.15) is 10.7 Å². The zero-order chi connectivity index (χ0) is 20.5. The monoisotopic (exact) mass is 434 g/mol. The third-order valence-electron chi connectivity index (χ3n) is 4.21. The van der Waals surface area contributed by atoms with Gasteiger partial charge in [-0.3, -0.25) is 4.55 Å². The fraction of sp³-hybridized carbons (Fsp3) is 0.467. The van der Waals surface area contributed by atoms with Gasteiger partial charge in [-0.25, -0.2) is 4.21 Å². The van der Waals surface area contributed by atoms with Crippen molar-refractivity contribution >= 4 is 44.8 Å². The molecule has 1 aromatic carbocycles. The second-order valence-corrected chi connectivity index (χ2v) is 8.14. The number of anilines is 2. The summed E-state index contributed by atoms with van der Waals surface area (Å²) in [5.74, 6) is 0. The Morgan fingerprint density at radius 2 is 2.11 bits per heavy atom. The molecule has 0 spiro atoms. The van der Waals surface area contributed by atoms with E-state index in [1.807, 2.05) is 11.8 Å². The number of aryl methyl sites for hydroxylation is 1. The SMILES string of the molecule is Cc1nnc(N=Nc2ccc(N3CCCC3C)cc2N(S(=O)O)C(F)(F)F)s1. The topological polar surface area (TPSA) is 94.3 Å². The Morgan fingerprint density at radius 3 is 2.64 bits per heavy atom. The summed E-state index contributed by atoms with van der Waals surface area (Å²) >= 11 is -2.21. The van der Waals surface area contributed by atoms with E-state index in [2.05, 4.69) is 20.4 Å². The van der Waals surface area contributed by atoms with Gasteiger partial charge in [0.05, 0.1) is 5.69 Å². The molecule has 1 N–H and O–H groups in total. The highest BCUT2D eigenvalue weighted by Gasteiger charge is 2.43. The number of azo groups is 1. The van der Waals surface area contributed by atoms with Crippen LogP contribution in [0.2, 0.25) is 0 Å². The lowest BCUT2D eigenvalue weighted by molar-refractivity contribution is -0.115. The molecule has 0 bridgehead atoms. The Bertz CT molecular complexity index is 904. The van der Waals surface area contributed by atoms with Gasteiger partial charge >= 0.3 is 6.30 Å². The van der Waals surface area contributed by atoms with Crippen LogP contribution in [-0.4, -0.2) is 37.8 Å². The number of alkyl halides is 3. The van der Waals surface area contributed by atoms with E-state index in [0.29, 0.717) is 17.2 Å². The van der Waals surface area contributed by atoms with E-state index in [0.717, 1.165) is 24.2 Å². The van der Waals surface area contributed by atoms with Gasteiger partial charge in [0.15, 0.2) is 0 Å². The molecule has 1 fully saturated rings. The molecule has 1 aliphatic heterocycles. The van der Waals surface area contributed by atoms with Crippen LogP contribution in [0.1, 0.15) is 24.8 Å². The Morgan fingerprint density at radius 1 is 1.36 bits per heavy atom. The lowest BCUT2D eigenvalue weighted by Gasteiger charge is -2.27. The maximum atomic E-state index is 13.5. The van der Waals surface area contributed by atoms with E-state index in [4.69, 9.17) is 0 Å². The molecule has 3 rings (SSSR count). The molecular weight excluding hydrogens is 417 g/mol. The van der Waals surface area contributed by atoms with Gasteiger partial charge in [0.2, 0.25) is 0 Å². The number of nitrogens with zero attached hydrogens (tertiary/aromatic N) is 6. The van der Waals surface area contributed by atoms with Crippen molar-refractivity contribution in [2.45, 2.75) is 39.0 Å². The predicted molar refractivity (Wildman–Crippen MR) is 101 cm³/mol. The molecule has 1 aromatic heterocycles. The van der Waals surface area contributed by atoms with Gasteiger partial charge < -0.3 is 4.90 Å². The fourth-order valence-corrected chi connectivity index (χ4v) is 3.99. The molecule has 0 radical (unpaired) electrons. The zero-order valence-electron chi connectivity index (χ0n) is 14.9. The minimum absolute atomic E-state index is 0.156. The second-order valence-electron chi connectivity index (χ2n) is 6.15. The lowest BCUT2D eigenvalue weighted by Crippen LogP contribution is -2.39. The molecule has 2 heterocycles. The van der Waals surface area contributed by atoms with Crippen LogP contribution in [0, 0.1) is 6.92 Å². The quantitative estimate of drug-likeness (QED) is 0.418. The maximum Gasteiger partial charge on any atom is 0.498 e. The van der Waals surface area contributed by atoms with Crippen molar-refractivity contribution < 1.29 is 21.9 Å². The van der Waals surface area contributed by atoms with E-state index in [1.165, 1.54) is 12.1 Å². The Kier molecular flexibility index (Phi) is 5.95. The molecular formula is C15H17F3N6O2S2. The molecule has 1 aliphatic rings. The number of aromatic nitrogens is 2. The Labute approximate surface area is 165 Å². The molecule has 8 nitrogen and oxygen atoms in total. The van der Waals surface area contributed by atoms with E-state index in [-0.39, 0.29) is 16.9 Å². The molecule has 2 aromatic rings. The van der Waals surface area contributed by atoms with Crippen molar-refractivity contribution in [1.82, 2.24) is 10.2 Å². The normalized spacial score (nSPS) is 18.8. The van der Waals surface area contributed by atoms with Gasteiger partial charge in [0.25, 0.3) is 16.4 Å². The summed E-state index contributed by atoms with van der Waals surface area (Å²) in [5, 5.41) is 15.9. The standard InChI is InChI=1S/C15H17F3N6O2S2/c1-9-4-3-7-23(9)11-5-6-12(20-22-14-21-19-10(2)27-14)13(8-11)24(28(25)26)15(16,17)18/h5-6,8-9H,3-4,7H2,1-2H3,(H,25,26). The van der Waals surface area contributed by atoms with Crippen molar-refractivity contribution in [1.29, 1.82) is 0 Å². The van der Waals surface area contributed by atoms with Crippen LogP contribution >= 0.6 is 11.3 Å². The van der Waals surface area contributed by atoms with Gasteiger partial charge in [-0.2, -0.15) is 4.31 Å². The summed E-state index contributed by atoms with van der Waals surface area (Å²) in [6, 6.07) is 4.34. The van der Waals surface area contributed by atoms with Gasteiger partial charge in [-0.05, 0) is 44.9 Å². The lowest BCUT2D eigenvalue weighted by atomic mass is 10.2. The van der Waals surface area contributed by atoms with Crippen LogP contribution < -0.4 is 9.21 Å². The van der Waals surface area contributed by atoms with Crippen LogP contribution in [0.25, 0.3) is 0 Å². The van der Waals surface area contributed by atoms with Gasteiger partial charge in [-0.15, -0.1) is 33.6 Å². The third kappa shape index (κ3) is 4.47. The highest BCUT2D eigenvalue weighted by Crippen LogP contribution is 2.41. The van der Waals surface area contributed by atoms with Crippen molar-refractivity contribution in [3.05, 3.63) is 23.2 Å². The fourth-order valence-electron chi connectivity index (χ4n) is 2.99. The maximum absolute atomic E-state index is 13.5. The van der Waals surface area contributed by atoms with Crippen LogP contribution in [0.5, 0.6) is 0 Å². The van der Waals surface area contributed by atoms with Crippen LogP contribution in [0.3, 0.4) is 0 Å². The molecule has 28 heavy (non-hydrogen) atoms. The molecule has 1 saturated heterocycles. The molecule has 0 aliphatic carbocycles. The average Bonchev–Trinajstić information content (AvgIpc) is 3.20. The number of rotatable bonds is 5. The first-order valence-corrected chi connectivity index (χ1v) is 10.2. The number of benzene rings is 1. The highest BCUT2D eigenvalue weighted by molar-refractivity contribution is 7.80. The zero-order valence-corrected chi connectivity index (χ0v) is 16.6. The Hall–Kier alpha value is -2.12. The molecule has 0 amide bonds. The largest absolute Gasteiger partial charge is 0.498 e. The third-order valence-corrected chi connectivity index (χ3v) is 5.65. The van der Waals surface area contributed by atoms with Crippen LogP contribution in [0.4, 0.5) is 35.4 Å². The minimum atomic E-state index is -5.08. The van der Waals surface area contributed by atoms with E-state index >= 15 is 0 Å². The van der Waals surface area contributed by atoms with E-state index in [9.17, 15) is 21.9 Å². The number of hydrogen-bond acceptors (Lipinski definition) is 7. The first-order valence-electron chi connectivity index (χ1n) is 8.27. The van der Waals surface area contributed by atoms with E-state index < -0.39 is 27.6 Å². The summed E-state index contributed by atoms with van der Waals surface area (Å²) in [7, 11) is 0. The predicted octanol–water partition coefficient (Wildman–Crippen LogP) is 4.71. The second kappa shape index (κ2) is 8.09. The molecule has 13 heteroatoms. The highest BCUT2D eigenvalue weighted by atomic mass is 32.2. The number of hydrogen-bond donors (Lipinski definition) is 1. The first-order chi connectivity index (χ1) is 13.2. The summed E-state index contributed by atoms with van der Waals surface area (Å²) in [6.07, 6.45) is -3.25. The summed E-state index contributed by atoms with van der Waals surface area (Å²) in [6.45, 7) is 4.37. The van der Waals surface area contributed by atoms with Crippen LogP contribution in [-0.2, 0) is 11.3 Å². The smallest absolute Gasteiger partial charge is 0.369 e. The average molecular weight is 434 g/mol. The van der Waals surface area contributed by atoms with Crippen LogP contribution in [0.15, 0.2) is 28.4 Å². The first kappa shape index (κ1) is 20.6. The van der Waals surface area contributed by atoms with Gasteiger partial charge in [0, 0.05) is 18.3 Å². The van der Waals surface area contributed by atoms with Crippen molar-refractivity contribution in [3.63, 3.8) is 0 Å². The molecule has 0 saturated carbocycles.